The summed E-state index contributed by atoms with van der Waals surface area (Å²) < 4.78 is 1.75. The molecule has 0 aliphatic rings. The molecule has 1 amide bonds. The van der Waals surface area contributed by atoms with Gasteiger partial charge in [-0.25, -0.2) is 9.67 Å². The monoisotopic (exact) mass is 329 g/mol. The first-order valence-electron chi connectivity index (χ1n) is 7.21. The van der Waals surface area contributed by atoms with Crippen molar-refractivity contribution in [2.24, 2.45) is 0 Å². The van der Waals surface area contributed by atoms with Crippen molar-refractivity contribution in [2.75, 3.05) is 5.32 Å². The number of hydrogen-bond donors (Lipinski definition) is 2. The van der Waals surface area contributed by atoms with Gasteiger partial charge in [0.1, 0.15) is 0 Å². The molecule has 3 aromatic rings. The molecular formula is C16H16ClN5O. The first-order chi connectivity index (χ1) is 11.1. The molecule has 0 fully saturated rings. The van der Waals surface area contributed by atoms with E-state index in [1.165, 1.54) is 0 Å². The van der Waals surface area contributed by atoms with Crippen LogP contribution < -0.4 is 5.32 Å². The van der Waals surface area contributed by atoms with Crippen molar-refractivity contribution in [3.8, 4) is 5.69 Å². The minimum atomic E-state index is -0.0876. The summed E-state index contributed by atoms with van der Waals surface area (Å²) in [7, 11) is 0. The molecule has 0 unspecified atom stereocenters. The van der Waals surface area contributed by atoms with Gasteiger partial charge in [-0.05, 0) is 31.5 Å². The van der Waals surface area contributed by atoms with Gasteiger partial charge in [0.25, 0.3) is 0 Å². The van der Waals surface area contributed by atoms with E-state index in [4.69, 9.17) is 11.6 Å². The fourth-order valence-corrected chi connectivity index (χ4v) is 2.46. The number of benzene rings is 1. The molecule has 0 spiro atoms. The van der Waals surface area contributed by atoms with Crippen molar-refractivity contribution >= 4 is 23.3 Å². The number of hydrogen-bond acceptors (Lipinski definition) is 3. The molecule has 0 aliphatic carbocycles. The molecule has 2 aromatic heterocycles. The van der Waals surface area contributed by atoms with Crippen LogP contribution in [0.3, 0.4) is 0 Å². The van der Waals surface area contributed by atoms with Crippen LogP contribution in [0.15, 0.2) is 42.9 Å². The van der Waals surface area contributed by atoms with E-state index in [1.807, 2.05) is 37.3 Å². The number of halogens is 1. The molecule has 118 valence electrons. The summed E-state index contributed by atoms with van der Waals surface area (Å²) in [5.74, 6) is 0.437. The number of carbonyl (C=O) groups excluding carboxylic acids is 1. The third kappa shape index (κ3) is 3.78. The van der Waals surface area contributed by atoms with E-state index in [-0.39, 0.29) is 5.91 Å². The summed E-state index contributed by atoms with van der Waals surface area (Å²) in [6.07, 6.45) is 4.29. The van der Waals surface area contributed by atoms with E-state index >= 15 is 0 Å². The van der Waals surface area contributed by atoms with E-state index in [2.05, 4.69) is 20.4 Å². The number of carbonyl (C=O) groups is 1. The van der Waals surface area contributed by atoms with Crippen LogP contribution in [0.2, 0.25) is 5.02 Å². The third-order valence-electron chi connectivity index (χ3n) is 3.38. The Bertz CT molecular complexity index is 810. The topological polar surface area (TPSA) is 75.6 Å². The van der Waals surface area contributed by atoms with Gasteiger partial charge in [-0.3, -0.25) is 4.79 Å². The second-order valence-corrected chi connectivity index (χ2v) is 5.62. The second kappa shape index (κ2) is 6.66. The maximum Gasteiger partial charge on any atom is 0.225 e. The predicted molar refractivity (Wildman–Crippen MR) is 88.8 cm³/mol. The molecule has 1 aromatic carbocycles. The number of aromatic nitrogens is 4. The molecule has 6 nitrogen and oxygen atoms in total. The Morgan fingerprint density at radius 1 is 1.39 bits per heavy atom. The number of amides is 1. The predicted octanol–water partition coefficient (Wildman–Crippen LogP) is 3.13. The summed E-state index contributed by atoms with van der Waals surface area (Å²) in [5, 5.41) is 7.87. The highest BCUT2D eigenvalue weighted by atomic mass is 35.5. The zero-order chi connectivity index (χ0) is 16.2. The van der Waals surface area contributed by atoms with Crippen molar-refractivity contribution in [1.82, 2.24) is 19.7 Å². The third-order valence-corrected chi connectivity index (χ3v) is 3.62. The van der Waals surface area contributed by atoms with Crippen molar-refractivity contribution in [2.45, 2.75) is 19.8 Å². The SMILES string of the molecule is Cc1cc(NC(=O)CCc2cnc[nH]2)nn1-c1cccc(Cl)c1. The van der Waals surface area contributed by atoms with Crippen LogP contribution in [0, 0.1) is 6.92 Å². The van der Waals surface area contributed by atoms with Crippen molar-refractivity contribution in [3.63, 3.8) is 0 Å². The lowest BCUT2D eigenvalue weighted by molar-refractivity contribution is -0.116. The van der Waals surface area contributed by atoms with Gasteiger partial charge in [-0.2, -0.15) is 0 Å². The summed E-state index contributed by atoms with van der Waals surface area (Å²) in [6.45, 7) is 1.92. The molecule has 23 heavy (non-hydrogen) atoms. The molecule has 2 heterocycles. The van der Waals surface area contributed by atoms with E-state index in [0.29, 0.717) is 23.7 Å². The van der Waals surface area contributed by atoms with Crippen LogP contribution >= 0.6 is 11.6 Å². The van der Waals surface area contributed by atoms with Gasteiger partial charge in [0.05, 0.1) is 12.0 Å². The Balaban J connectivity index is 1.67. The largest absolute Gasteiger partial charge is 0.348 e. The Labute approximate surface area is 138 Å². The number of rotatable bonds is 5. The Hall–Kier alpha value is -2.60. The minimum Gasteiger partial charge on any atom is -0.348 e. The number of H-pyrrole nitrogens is 1. The average Bonchev–Trinajstić information content (AvgIpc) is 3.15. The lowest BCUT2D eigenvalue weighted by Gasteiger charge is -2.04. The zero-order valence-electron chi connectivity index (χ0n) is 12.6. The van der Waals surface area contributed by atoms with Crippen LogP contribution in [-0.2, 0) is 11.2 Å². The quantitative estimate of drug-likeness (QED) is 0.755. The number of nitrogens with one attached hydrogen (secondary N) is 2. The van der Waals surface area contributed by atoms with Crippen LogP contribution in [0.5, 0.6) is 0 Å². The van der Waals surface area contributed by atoms with Crippen LogP contribution in [-0.4, -0.2) is 25.7 Å². The van der Waals surface area contributed by atoms with Crippen molar-refractivity contribution < 1.29 is 4.79 Å². The number of anilines is 1. The number of nitrogens with zero attached hydrogens (tertiary/aromatic N) is 3. The molecule has 3 rings (SSSR count). The molecule has 0 saturated heterocycles. The van der Waals surface area contributed by atoms with E-state index in [1.54, 1.807) is 17.2 Å². The lowest BCUT2D eigenvalue weighted by atomic mass is 10.2. The molecule has 2 N–H and O–H groups in total. The Kier molecular flexibility index (Phi) is 4.43. The number of imidazole rings is 1. The van der Waals surface area contributed by atoms with Gasteiger partial charge in [-0.1, -0.05) is 17.7 Å². The minimum absolute atomic E-state index is 0.0876. The lowest BCUT2D eigenvalue weighted by Crippen LogP contribution is -2.13. The van der Waals surface area contributed by atoms with Crippen LogP contribution in [0.4, 0.5) is 5.82 Å². The Morgan fingerprint density at radius 2 is 2.26 bits per heavy atom. The normalized spacial score (nSPS) is 10.7. The molecule has 0 bridgehead atoms. The van der Waals surface area contributed by atoms with Crippen molar-refractivity contribution in [3.05, 3.63) is 59.3 Å². The van der Waals surface area contributed by atoms with Gasteiger partial charge >= 0.3 is 0 Å². The smallest absolute Gasteiger partial charge is 0.225 e. The first kappa shape index (κ1) is 15.3. The Morgan fingerprint density at radius 3 is 3.00 bits per heavy atom. The summed E-state index contributed by atoms with van der Waals surface area (Å²) >= 11 is 6.01. The molecule has 0 aliphatic heterocycles. The number of aryl methyl sites for hydroxylation is 2. The fourth-order valence-electron chi connectivity index (χ4n) is 2.28. The van der Waals surface area contributed by atoms with Gasteiger partial charge in [0.2, 0.25) is 5.91 Å². The standard InChI is InChI=1S/C16H16ClN5O/c1-11-7-15(20-16(23)6-5-13-9-18-10-19-13)21-22(11)14-4-2-3-12(17)8-14/h2-4,7-10H,5-6H2,1H3,(H,18,19)(H,20,21,23). The maximum atomic E-state index is 12.0. The molecule has 0 saturated carbocycles. The highest BCUT2D eigenvalue weighted by molar-refractivity contribution is 6.30. The molecule has 0 atom stereocenters. The summed E-state index contributed by atoms with van der Waals surface area (Å²) in [6, 6.07) is 9.24. The van der Waals surface area contributed by atoms with E-state index in [0.717, 1.165) is 17.1 Å². The van der Waals surface area contributed by atoms with E-state index < -0.39 is 0 Å². The maximum absolute atomic E-state index is 12.0. The molecular weight excluding hydrogens is 314 g/mol. The van der Waals surface area contributed by atoms with Gasteiger partial charge in [0.15, 0.2) is 5.82 Å². The fraction of sp³-hybridized carbons (Fsp3) is 0.188. The number of aromatic amines is 1. The second-order valence-electron chi connectivity index (χ2n) is 5.19. The highest BCUT2D eigenvalue weighted by Crippen LogP contribution is 2.18. The first-order valence-corrected chi connectivity index (χ1v) is 7.59. The molecule has 0 radical (unpaired) electrons. The summed E-state index contributed by atoms with van der Waals surface area (Å²) in [5.41, 5.74) is 2.70. The highest BCUT2D eigenvalue weighted by Gasteiger charge is 2.10. The zero-order valence-corrected chi connectivity index (χ0v) is 13.3. The van der Waals surface area contributed by atoms with Crippen LogP contribution in [0.25, 0.3) is 5.69 Å². The van der Waals surface area contributed by atoms with Gasteiger partial charge in [-0.15, -0.1) is 5.10 Å². The van der Waals surface area contributed by atoms with Gasteiger partial charge < -0.3 is 10.3 Å². The van der Waals surface area contributed by atoms with Gasteiger partial charge in [0, 0.05) is 35.1 Å². The van der Waals surface area contributed by atoms with Crippen LogP contribution in [0.1, 0.15) is 17.8 Å². The summed E-state index contributed by atoms with van der Waals surface area (Å²) in [4.78, 5) is 18.9. The van der Waals surface area contributed by atoms with E-state index in [9.17, 15) is 4.79 Å². The molecule has 7 heteroatoms. The van der Waals surface area contributed by atoms with Crippen molar-refractivity contribution in [1.29, 1.82) is 0 Å². The average molecular weight is 330 g/mol.